The number of hydrogen-bond acceptors (Lipinski definition) is 9. The first-order valence-corrected chi connectivity index (χ1v) is 7.99. The van der Waals surface area contributed by atoms with E-state index in [0.29, 0.717) is 12.0 Å². The standard InChI is InChI=1S/C15H17F3N6O3/c16-15(17,18)10-5-19-6-12(23-10)22-8-7-27-9(14(26)13(8)25)4-20-11-2-1-3-21-24-11/h1-3,5-6,8-9,13-14,25-26H,4,7H2,(H,20,24)(H,22,23)/t8-,9+,13+,14-/m0/s1. The Bertz CT molecular complexity index is 751. The molecule has 0 aromatic carbocycles. The maximum Gasteiger partial charge on any atom is 0.434 e. The lowest BCUT2D eigenvalue weighted by Gasteiger charge is -2.38. The van der Waals surface area contributed by atoms with Crippen molar-refractivity contribution in [1.82, 2.24) is 20.2 Å². The van der Waals surface area contributed by atoms with Gasteiger partial charge in [0.15, 0.2) is 5.69 Å². The highest BCUT2D eigenvalue weighted by atomic mass is 19.4. The average Bonchev–Trinajstić information content (AvgIpc) is 2.65. The Morgan fingerprint density at radius 1 is 1.19 bits per heavy atom. The van der Waals surface area contributed by atoms with Crippen molar-refractivity contribution in [2.24, 2.45) is 0 Å². The van der Waals surface area contributed by atoms with Crippen molar-refractivity contribution in [2.45, 2.75) is 30.5 Å². The van der Waals surface area contributed by atoms with Gasteiger partial charge in [-0.15, -0.1) is 5.10 Å². The Hall–Kier alpha value is -2.57. The summed E-state index contributed by atoms with van der Waals surface area (Å²) in [5.41, 5.74) is -1.16. The van der Waals surface area contributed by atoms with Gasteiger partial charge in [-0.1, -0.05) is 0 Å². The number of rotatable bonds is 5. The monoisotopic (exact) mass is 386 g/mol. The van der Waals surface area contributed by atoms with Crippen molar-refractivity contribution in [2.75, 3.05) is 23.8 Å². The van der Waals surface area contributed by atoms with E-state index in [-0.39, 0.29) is 19.0 Å². The topological polar surface area (TPSA) is 125 Å². The van der Waals surface area contributed by atoms with Crippen molar-refractivity contribution in [3.8, 4) is 0 Å². The molecule has 146 valence electrons. The molecule has 0 bridgehead atoms. The van der Waals surface area contributed by atoms with E-state index in [1.165, 1.54) is 6.20 Å². The number of alkyl halides is 3. The van der Waals surface area contributed by atoms with E-state index in [0.717, 1.165) is 6.20 Å². The molecule has 1 aliphatic heterocycles. The molecule has 0 unspecified atom stereocenters. The molecule has 9 nitrogen and oxygen atoms in total. The summed E-state index contributed by atoms with van der Waals surface area (Å²) < 4.78 is 43.6. The number of nitrogens with one attached hydrogen (secondary N) is 2. The molecule has 3 heterocycles. The van der Waals surface area contributed by atoms with Gasteiger partial charge in [-0.25, -0.2) is 4.98 Å². The van der Waals surface area contributed by atoms with Crippen LogP contribution in [0.25, 0.3) is 0 Å². The highest BCUT2D eigenvalue weighted by Crippen LogP contribution is 2.28. The summed E-state index contributed by atoms with van der Waals surface area (Å²) in [5.74, 6) is 0.295. The molecule has 1 saturated heterocycles. The largest absolute Gasteiger partial charge is 0.434 e. The van der Waals surface area contributed by atoms with Crippen LogP contribution in [0.15, 0.2) is 30.7 Å². The molecule has 0 radical (unpaired) electrons. The minimum atomic E-state index is -4.64. The van der Waals surface area contributed by atoms with Crippen LogP contribution in [-0.2, 0) is 10.9 Å². The molecule has 1 aliphatic rings. The molecular formula is C15H17F3N6O3. The fourth-order valence-corrected chi connectivity index (χ4v) is 2.55. The van der Waals surface area contributed by atoms with Gasteiger partial charge >= 0.3 is 6.18 Å². The van der Waals surface area contributed by atoms with Gasteiger partial charge in [-0.3, -0.25) is 4.98 Å². The Morgan fingerprint density at radius 2 is 2.00 bits per heavy atom. The predicted octanol–water partition coefficient (Wildman–Crippen LogP) is 0.299. The van der Waals surface area contributed by atoms with Crippen molar-refractivity contribution >= 4 is 11.6 Å². The molecule has 0 spiro atoms. The van der Waals surface area contributed by atoms with Crippen LogP contribution in [0.3, 0.4) is 0 Å². The third kappa shape index (κ3) is 4.78. The summed E-state index contributed by atoms with van der Waals surface area (Å²) >= 11 is 0. The Kier molecular flexibility index (Phi) is 5.68. The highest BCUT2D eigenvalue weighted by molar-refractivity contribution is 5.35. The zero-order valence-corrected chi connectivity index (χ0v) is 13.8. The van der Waals surface area contributed by atoms with Crippen LogP contribution >= 0.6 is 0 Å². The molecule has 2 aromatic heterocycles. The normalized spacial score (nSPS) is 25.8. The zero-order chi connectivity index (χ0) is 19.4. The number of aliphatic hydroxyl groups excluding tert-OH is 2. The highest BCUT2D eigenvalue weighted by Gasteiger charge is 2.39. The molecule has 0 saturated carbocycles. The van der Waals surface area contributed by atoms with Crippen LogP contribution in [0.1, 0.15) is 5.69 Å². The molecule has 1 fully saturated rings. The number of hydrogen-bond donors (Lipinski definition) is 4. The third-order valence-corrected chi connectivity index (χ3v) is 3.95. The number of ether oxygens (including phenoxy) is 1. The average molecular weight is 386 g/mol. The molecule has 12 heteroatoms. The Morgan fingerprint density at radius 3 is 2.70 bits per heavy atom. The fourth-order valence-electron chi connectivity index (χ4n) is 2.55. The van der Waals surface area contributed by atoms with E-state index >= 15 is 0 Å². The maximum absolute atomic E-state index is 12.7. The van der Waals surface area contributed by atoms with Crippen molar-refractivity contribution in [3.05, 3.63) is 36.4 Å². The van der Waals surface area contributed by atoms with Crippen LogP contribution in [-0.4, -0.2) is 67.9 Å². The van der Waals surface area contributed by atoms with Gasteiger partial charge < -0.3 is 25.6 Å². The first-order chi connectivity index (χ1) is 12.8. The number of aliphatic hydroxyl groups is 2. The summed E-state index contributed by atoms with van der Waals surface area (Å²) in [6, 6.07) is 2.50. The molecule has 2 aromatic rings. The molecule has 0 amide bonds. The summed E-state index contributed by atoms with van der Waals surface area (Å²) in [5, 5.41) is 33.6. The van der Waals surface area contributed by atoms with E-state index in [4.69, 9.17) is 4.74 Å². The second kappa shape index (κ2) is 7.98. The van der Waals surface area contributed by atoms with Gasteiger partial charge in [-0.05, 0) is 12.1 Å². The van der Waals surface area contributed by atoms with E-state index in [9.17, 15) is 23.4 Å². The van der Waals surface area contributed by atoms with Gasteiger partial charge in [0.25, 0.3) is 0 Å². The van der Waals surface area contributed by atoms with Gasteiger partial charge in [0, 0.05) is 12.7 Å². The second-order valence-electron chi connectivity index (χ2n) is 5.88. The molecule has 0 aliphatic carbocycles. The van der Waals surface area contributed by atoms with E-state index in [1.54, 1.807) is 12.1 Å². The van der Waals surface area contributed by atoms with Gasteiger partial charge in [0.05, 0.1) is 25.0 Å². The minimum Gasteiger partial charge on any atom is -0.388 e. The second-order valence-corrected chi connectivity index (χ2v) is 5.88. The van der Waals surface area contributed by atoms with Crippen LogP contribution in [0.2, 0.25) is 0 Å². The maximum atomic E-state index is 12.7. The molecule has 4 atom stereocenters. The van der Waals surface area contributed by atoms with Crippen LogP contribution in [0.4, 0.5) is 24.8 Å². The van der Waals surface area contributed by atoms with Crippen LogP contribution in [0, 0.1) is 0 Å². The summed E-state index contributed by atoms with van der Waals surface area (Å²) in [6.07, 6.45) is -4.75. The number of anilines is 2. The minimum absolute atomic E-state index is 0.0526. The van der Waals surface area contributed by atoms with Crippen molar-refractivity contribution in [1.29, 1.82) is 0 Å². The Labute approximate surface area is 151 Å². The smallest absolute Gasteiger partial charge is 0.388 e. The summed E-state index contributed by atoms with van der Waals surface area (Å²) in [4.78, 5) is 6.90. The first kappa shape index (κ1) is 19.2. The summed E-state index contributed by atoms with van der Waals surface area (Å²) in [6.45, 7) is 0.107. The number of halogens is 3. The van der Waals surface area contributed by atoms with Gasteiger partial charge in [0.1, 0.15) is 29.9 Å². The molecule has 27 heavy (non-hydrogen) atoms. The van der Waals surface area contributed by atoms with E-state index in [2.05, 4.69) is 30.8 Å². The molecule has 4 N–H and O–H groups in total. The third-order valence-electron chi connectivity index (χ3n) is 3.95. The predicted molar refractivity (Wildman–Crippen MR) is 86.7 cm³/mol. The number of aromatic nitrogens is 4. The SMILES string of the molecule is O[C@@H]1[C@H](O)[C@@H](Nc2cncc(C(F)(F)F)n2)CO[C@@H]1CNc1cccnn1. The van der Waals surface area contributed by atoms with E-state index < -0.39 is 36.2 Å². The summed E-state index contributed by atoms with van der Waals surface area (Å²) in [7, 11) is 0. The van der Waals surface area contributed by atoms with Gasteiger partial charge in [0.2, 0.25) is 0 Å². The first-order valence-electron chi connectivity index (χ1n) is 7.99. The van der Waals surface area contributed by atoms with Crippen LogP contribution < -0.4 is 10.6 Å². The van der Waals surface area contributed by atoms with Gasteiger partial charge in [-0.2, -0.15) is 18.3 Å². The fraction of sp³-hybridized carbons (Fsp3) is 0.467. The lowest BCUT2D eigenvalue weighted by molar-refractivity contribution is -0.141. The van der Waals surface area contributed by atoms with Crippen molar-refractivity contribution in [3.63, 3.8) is 0 Å². The lowest BCUT2D eigenvalue weighted by Crippen LogP contribution is -2.57. The molecule has 3 rings (SSSR count). The van der Waals surface area contributed by atoms with E-state index in [1.807, 2.05) is 0 Å². The van der Waals surface area contributed by atoms with Crippen molar-refractivity contribution < 1.29 is 28.1 Å². The van der Waals surface area contributed by atoms with Crippen LogP contribution in [0.5, 0.6) is 0 Å². The molecular weight excluding hydrogens is 369 g/mol. The quantitative estimate of drug-likeness (QED) is 0.574. The lowest BCUT2D eigenvalue weighted by atomic mass is 9.98. The Balaban J connectivity index is 1.59. The zero-order valence-electron chi connectivity index (χ0n) is 13.8. The number of nitrogens with zero attached hydrogens (tertiary/aromatic N) is 4.